The average Bonchev–Trinajstić information content (AvgIpc) is 2.42. The van der Waals surface area contributed by atoms with Gasteiger partial charge in [0.05, 0.1) is 15.5 Å². The second-order valence-corrected chi connectivity index (χ2v) is 3.77. The number of nitro groups is 1. The molecule has 0 fully saturated rings. The zero-order valence-corrected chi connectivity index (χ0v) is 9.25. The van der Waals surface area contributed by atoms with Crippen LogP contribution in [0.2, 0.25) is 5.02 Å². The second-order valence-electron chi connectivity index (χ2n) is 3.36. The summed E-state index contributed by atoms with van der Waals surface area (Å²) in [6.45, 7) is 1.66. The van der Waals surface area contributed by atoms with Gasteiger partial charge in [0, 0.05) is 13.1 Å². The summed E-state index contributed by atoms with van der Waals surface area (Å²) in [4.78, 5) is 13.9. The molecule has 0 bridgehead atoms. The number of imidazole rings is 1. The Morgan fingerprint density at radius 2 is 2.25 bits per heavy atom. The third-order valence-electron chi connectivity index (χ3n) is 2.43. The zero-order chi connectivity index (χ0) is 12.0. The Morgan fingerprint density at radius 1 is 1.62 bits per heavy atom. The van der Waals surface area contributed by atoms with Gasteiger partial charge in [-0.3, -0.25) is 10.1 Å². The minimum absolute atomic E-state index is 0.0185. The van der Waals surface area contributed by atoms with Gasteiger partial charge in [0.15, 0.2) is 5.52 Å². The van der Waals surface area contributed by atoms with Crippen molar-refractivity contribution in [2.75, 3.05) is 0 Å². The first-order chi connectivity index (χ1) is 7.43. The first kappa shape index (κ1) is 10.8. The molecule has 0 spiro atoms. The van der Waals surface area contributed by atoms with Gasteiger partial charge in [-0.1, -0.05) is 11.6 Å². The van der Waals surface area contributed by atoms with Gasteiger partial charge in [-0.25, -0.2) is 4.98 Å². The number of fused-ring (bicyclic) bond motifs is 1. The van der Waals surface area contributed by atoms with Crippen LogP contribution in [0.1, 0.15) is 5.82 Å². The molecule has 2 aromatic rings. The zero-order valence-electron chi connectivity index (χ0n) is 8.49. The Morgan fingerprint density at radius 3 is 2.81 bits per heavy atom. The van der Waals surface area contributed by atoms with E-state index in [0.717, 1.165) is 6.07 Å². The van der Waals surface area contributed by atoms with Crippen LogP contribution in [0.4, 0.5) is 10.1 Å². The molecule has 0 radical (unpaired) electrons. The van der Waals surface area contributed by atoms with E-state index in [9.17, 15) is 14.5 Å². The van der Waals surface area contributed by atoms with Crippen molar-refractivity contribution in [3.8, 4) is 0 Å². The predicted molar refractivity (Wildman–Crippen MR) is 57.1 cm³/mol. The molecule has 7 heteroatoms. The highest BCUT2D eigenvalue weighted by Crippen LogP contribution is 2.33. The number of nitro benzene ring substituents is 1. The number of hydrogen-bond acceptors (Lipinski definition) is 3. The standard InChI is InChI=1S/C9H7ClFN3O2/c1-4-12-7-8(13(4)2)5(10)3-6(11)9(7)14(15)16/h3H,1-2H3. The molecule has 0 aliphatic heterocycles. The number of aromatic nitrogens is 2. The van der Waals surface area contributed by atoms with Crippen LogP contribution < -0.4 is 0 Å². The van der Waals surface area contributed by atoms with E-state index in [1.54, 1.807) is 18.5 Å². The maximum atomic E-state index is 13.4. The summed E-state index contributed by atoms with van der Waals surface area (Å²) in [5.41, 5.74) is -0.287. The van der Waals surface area contributed by atoms with Crippen molar-refractivity contribution < 1.29 is 9.31 Å². The molecule has 0 aliphatic carbocycles. The maximum Gasteiger partial charge on any atom is 0.332 e. The lowest BCUT2D eigenvalue weighted by Crippen LogP contribution is -1.95. The molecule has 0 N–H and O–H groups in total. The van der Waals surface area contributed by atoms with Crippen LogP contribution in [0.5, 0.6) is 0 Å². The molecule has 16 heavy (non-hydrogen) atoms. The fraction of sp³-hybridized carbons (Fsp3) is 0.222. The van der Waals surface area contributed by atoms with Crippen molar-refractivity contribution in [2.45, 2.75) is 6.92 Å². The Labute approximate surface area is 94.6 Å². The van der Waals surface area contributed by atoms with Gasteiger partial charge < -0.3 is 4.57 Å². The number of hydrogen-bond donors (Lipinski definition) is 0. The van der Waals surface area contributed by atoms with Crippen LogP contribution in [0.25, 0.3) is 11.0 Å². The van der Waals surface area contributed by atoms with Crippen molar-refractivity contribution in [3.05, 3.63) is 32.8 Å². The Balaban J connectivity index is 3.02. The van der Waals surface area contributed by atoms with Gasteiger partial charge in [0.2, 0.25) is 5.82 Å². The third-order valence-corrected chi connectivity index (χ3v) is 2.72. The van der Waals surface area contributed by atoms with Gasteiger partial charge in [-0.2, -0.15) is 4.39 Å². The van der Waals surface area contributed by atoms with Crippen LogP contribution in [0.3, 0.4) is 0 Å². The Bertz CT molecular complexity index is 609. The first-order valence-corrected chi connectivity index (χ1v) is 4.76. The number of rotatable bonds is 1. The molecule has 1 heterocycles. The molecule has 0 saturated carbocycles. The molecule has 1 aromatic carbocycles. The fourth-order valence-electron chi connectivity index (χ4n) is 1.58. The quantitative estimate of drug-likeness (QED) is 0.571. The highest BCUT2D eigenvalue weighted by molar-refractivity contribution is 6.35. The smallest absolute Gasteiger partial charge is 0.330 e. The van der Waals surface area contributed by atoms with Crippen LogP contribution in [0, 0.1) is 22.9 Å². The molecule has 1 aromatic heterocycles. The maximum absolute atomic E-state index is 13.4. The van der Waals surface area contributed by atoms with Crippen LogP contribution in [-0.4, -0.2) is 14.5 Å². The molecule has 0 saturated heterocycles. The monoisotopic (exact) mass is 243 g/mol. The molecule has 84 valence electrons. The minimum atomic E-state index is -0.972. The minimum Gasteiger partial charge on any atom is -0.330 e. The largest absolute Gasteiger partial charge is 0.332 e. The number of benzene rings is 1. The highest BCUT2D eigenvalue weighted by atomic mass is 35.5. The molecule has 2 rings (SSSR count). The lowest BCUT2D eigenvalue weighted by Gasteiger charge is -2.00. The lowest BCUT2D eigenvalue weighted by molar-refractivity contribution is -0.385. The average molecular weight is 244 g/mol. The normalized spacial score (nSPS) is 11.0. The summed E-state index contributed by atoms with van der Waals surface area (Å²) in [5, 5.41) is 10.9. The van der Waals surface area contributed by atoms with E-state index in [1.807, 2.05) is 0 Å². The molecule has 0 atom stereocenters. The number of aryl methyl sites for hydroxylation is 2. The fourth-order valence-corrected chi connectivity index (χ4v) is 1.90. The van der Waals surface area contributed by atoms with Crippen LogP contribution >= 0.6 is 11.6 Å². The topological polar surface area (TPSA) is 61.0 Å². The van der Waals surface area contributed by atoms with Gasteiger partial charge >= 0.3 is 5.69 Å². The Hall–Kier alpha value is -1.69. The van der Waals surface area contributed by atoms with Gasteiger partial charge in [-0.05, 0) is 6.92 Å². The molecule has 5 nitrogen and oxygen atoms in total. The van der Waals surface area contributed by atoms with E-state index in [4.69, 9.17) is 11.6 Å². The summed E-state index contributed by atoms with van der Waals surface area (Å²) in [6.07, 6.45) is 0. The van der Waals surface area contributed by atoms with Crippen LogP contribution in [0.15, 0.2) is 6.07 Å². The van der Waals surface area contributed by atoms with Crippen molar-refractivity contribution in [1.29, 1.82) is 0 Å². The summed E-state index contributed by atoms with van der Waals surface area (Å²) >= 11 is 5.83. The predicted octanol–water partition coefficient (Wildman–Crippen LogP) is 2.58. The van der Waals surface area contributed by atoms with Crippen molar-refractivity contribution in [1.82, 2.24) is 9.55 Å². The third kappa shape index (κ3) is 1.34. The summed E-state index contributed by atoms with van der Waals surface area (Å²) in [5.74, 6) is -0.439. The van der Waals surface area contributed by atoms with Gasteiger partial charge in [0.1, 0.15) is 5.82 Å². The van der Waals surface area contributed by atoms with E-state index < -0.39 is 16.4 Å². The number of nitrogens with zero attached hydrogens (tertiary/aromatic N) is 3. The molecule has 0 amide bonds. The van der Waals surface area contributed by atoms with E-state index in [-0.39, 0.29) is 10.5 Å². The molecular weight excluding hydrogens is 237 g/mol. The Kier molecular flexibility index (Phi) is 2.31. The van der Waals surface area contributed by atoms with Gasteiger partial charge in [-0.15, -0.1) is 0 Å². The summed E-state index contributed by atoms with van der Waals surface area (Å²) in [6, 6.07) is 0.934. The summed E-state index contributed by atoms with van der Waals surface area (Å²) in [7, 11) is 1.66. The van der Waals surface area contributed by atoms with E-state index in [0.29, 0.717) is 11.3 Å². The summed E-state index contributed by atoms with van der Waals surface area (Å²) < 4.78 is 15.0. The van der Waals surface area contributed by atoms with Crippen LogP contribution in [-0.2, 0) is 7.05 Å². The van der Waals surface area contributed by atoms with E-state index >= 15 is 0 Å². The van der Waals surface area contributed by atoms with Crippen molar-refractivity contribution in [2.24, 2.45) is 7.05 Å². The van der Waals surface area contributed by atoms with Crippen molar-refractivity contribution >= 4 is 28.3 Å². The van der Waals surface area contributed by atoms with Crippen molar-refractivity contribution in [3.63, 3.8) is 0 Å². The first-order valence-electron chi connectivity index (χ1n) is 4.39. The lowest BCUT2D eigenvalue weighted by atomic mass is 10.2. The second kappa shape index (κ2) is 3.41. The number of halogens is 2. The van der Waals surface area contributed by atoms with Gasteiger partial charge in [0.25, 0.3) is 0 Å². The highest BCUT2D eigenvalue weighted by Gasteiger charge is 2.25. The molecule has 0 aliphatic rings. The molecular formula is C9H7ClFN3O2. The SMILES string of the molecule is Cc1nc2c([N+](=O)[O-])c(F)cc(Cl)c2n1C. The van der Waals surface area contributed by atoms with E-state index in [1.165, 1.54) is 0 Å². The molecule has 0 unspecified atom stereocenters. The van der Waals surface area contributed by atoms with E-state index in [2.05, 4.69) is 4.98 Å².